The van der Waals surface area contributed by atoms with Crippen molar-refractivity contribution in [2.45, 2.75) is 12.7 Å². The molecule has 0 saturated carbocycles. The highest BCUT2D eigenvalue weighted by Gasteiger charge is 2.30. The van der Waals surface area contributed by atoms with Gasteiger partial charge in [-0.3, -0.25) is 4.90 Å². The van der Waals surface area contributed by atoms with Gasteiger partial charge in [-0.25, -0.2) is 9.78 Å². The molecule has 11 heteroatoms. The van der Waals surface area contributed by atoms with Gasteiger partial charge in [-0.1, -0.05) is 11.6 Å². The molecule has 0 radical (unpaired) electrons. The van der Waals surface area contributed by atoms with Crippen LogP contribution in [0.2, 0.25) is 4.34 Å². The number of hydrogen-bond acceptors (Lipinski definition) is 6. The Morgan fingerprint density at radius 1 is 1.00 bits per heavy atom. The number of thiophene rings is 1. The van der Waals surface area contributed by atoms with Crippen LogP contribution in [0.3, 0.4) is 0 Å². The fraction of sp³-hybridized carbons (Fsp3) is 0.273. The molecule has 174 valence electrons. The maximum atomic E-state index is 12.6. The monoisotopic (exact) mass is 497 g/mol. The maximum absolute atomic E-state index is 12.6. The van der Waals surface area contributed by atoms with Crippen LogP contribution in [0.5, 0.6) is 17.4 Å². The molecule has 1 amide bonds. The number of amides is 1. The van der Waals surface area contributed by atoms with Crippen molar-refractivity contribution in [3.8, 4) is 17.4 Å². The van der Waals surface area contributed by atoms with E-state index in [0.717, 1.165) is 36.1 Å². The molecular weight excluding hydrogens is 479 g/mol. The zero-order chi connectivity index (χ0) is 23.4. The Balaban J connectivity index is 1.25. The van der Waals surface area contributed by atoms with E-state index < -0.39 is 17.8 Å². The number of carbonyl (C=O) groups excluding carboxylic acids is 1. The average Bonchev–Trinajstić information content (AvgIpc) is 3.20. The van der Waals surface area contributed by atoms with Gasteiger partial charge < -0.3 is 14.4 Å². The lowest BCUT2D eigenvalue weighted by atomic mass is 10.3. The topological polar surface area (TPSA) is 54.9 Å². The lowest BCUT2D eigenvalue weighted by Crippen LogP contribution is -2.49. The minimum absolute atomic E-state index is 0.0236. The van der Waals surface area contributed by atoms with Crippen molar-refractivity contribution in [2.75, 3.05) is 26.2 Å². The standard InChI is InChI=1S/C22H19ClF3N3O3S/c23-19-7-6-18(33-19)14-28-9-11-29(12-10-28)21(30)32-17-4-2-16(3-5-17)31-20-8-1-15(13-27-20)22(24,25)26/h1-8,13H,9-12,14H2. The molecule has 3 heterocycles. The molecule has 1 aromatic carbocycles. The number of aromatic nitrogens is 1. The van der Waals surface area contributed by atoms with Gasteiger partial charge in [-0.2, -0.15) is 13.2 Å². The number of benzene rings is 1. The first-order valence-corrected chi connectivity index (χ1v) is 11.2. The van der Waals surface area contributed by atoms with Crippen molar-refractivity contribution in [3.63, 3.8) is 0 Å². The minimum Gasteiger partial charge on any atom is -0.439 e. The number of ether oxygens (including phenoxy) is 2. The van der Waals surface area contributed by atoms with Gasteiger partial charge in [-0.05, 0) is 42.5 Å². The first-order chi connectivity index (χ1) is 15.8. The summed E-state index contributed by atoms with van der Waals surface area (Å²) in [4.78, 5) is 21.2. The summed E-state index contributed by atoms with van der Waals surface area (Å²) >= 11 is 7.53. The fourth-order valence-electron chi connectivity index (χ4n) is 3.22. The van der Waals surface area contributed by atoms with Crippen molar-refractivity contribution < 1.29 is 27.4 Å². The van der Waals surface area contributed by atoms with Crippen molar-refractivity contribution >= 4 is 29.0 Å². The number of halogens is 4. The zero-order valence-electron chi connectivity index (χ0n) is 17.2. The molecule has 0 aliphatic carbocycles. The summed E-state index contributed by atoms with van der Waals surface area (Å²) in [5.41, 5.74) is -0.853. The van der Waals surface area contributed by atoms with Gasteiger partial charge >= 0.3 is 12.3 Å². The third kappa shape index (κ3) is 6.37. The third-order valence-corrected chi connectivity index (χ3v) is 6.17. The molecule has 3 aromatic rings. The van der Waals surface area contributed by atoms with Crippen LogP contribution in [-0.4, -0.2) is 47.1 Å². The Labute approximate surface area is 197 Å². The fourth-order valence-corrected chi connectivity index (χ4v) is 4.35. The Bertz CT molecular complexity index is 1080. The van der Waals surface area contributed by atoms with Crippen molar-refractivity contribution in [2.24, 2.45) is 0 Å². The van der Waals surface area contributed by atoms with Gasteiger partial charge in [0.15, 0.2) is 0 Å². The summed E-state index contributed by atoms with van der Waals surface area (Å²) in [7, 11) is 0. The SMILES string of the molecule is O=C(Oc1ccc(Oc2ccc(C(F)(F)F)cn2)cc1)N1CCN(Cc2ccc(Cl)s2)CC1. The summed E-state index contributed by atoms with van der Waals surface area (Å²) in [5.74, 6) is 0.711. The molecule has 1 aliphatic rings. The zero-order valence-corrected chi connectivity index (χ0v) is 18.8. The van der Waals surface area contributed by atoms with Crippen LogP contribution >= 0.6 is 22.9 Å². The molecule has 2 aromatic heterocycles. The highest BCUT2D eigenvalue weighted by Crippen LogP contribution is 2.30. The van der Waals surface area contributed by atoms with E-state index in [0.29, 0.717) is 30.8 Å². The molecule has 1 saturated heterocycles. The first-order valence-electron chi connectivity index (χ1n) is 10.0. The van der Waals surface area contributed by atoms with E-state index >= 15 is 0 Å². The van der Waals surface area contributed by atoms with Crippen molar-refractivity contribution in [3.05, 3.63) is 69.5 Å². The summed E-state index contributed by atoms with van der Waals surface area (Å²) in [6, 6.07) is 12.1. The van der Waals surface area contributed by atoms with E-state index in [1.807, 2.05) is 12.1 Å². The van der Waals surface area contributed by atoms with E-state index in [1.165, 1.54) is 4.88 Å². The molecule has 33 heavy (non-hydrogen) atoms. The van der Waals surface area contributed by atoms with E-state index in [4.69, 9.17) is 21.1 Å². The van der Waals surface area contributed by atoms with Crippen molar-refractivity contribution in [1.29, 1.82) is 0 Å². The highest BCUT2D eigenvalue weighted by atomic mass is 35.5. The van der Waals surface area contributed by atoms with Crippen LogP contribution in [0, 0.1) is 0 Å². The second kappa shape index (κ2) is 9.98. The van der Waals surface area contributed by atoms with Gasteiger partial charge in [0.25, 0.3) is 0 Å². The van der Waals surface area contributed by atoms with Crippen molar-refractivity contribution in [1.82, 2.24) is 14.8 Å². The second-order valence-electron chi connectivity index (χ2n) is 7.29. The van der Waals surface area contributed by atoms with E-state index in [-0.39, 0.29) is 5.88 Å². The normalized spacial score (nSPS) is 14.8. The van der Waals surface area contributed by atoms with Crippen LogP contribution in [0.4, 0.5) is 18.0 Å². The second-order valence-corrected chi connectivity index (χ2v) is 9.09. The van der Waals surface area contributed by atoms with Crippen LogP contribution in [0.25, 0.3) is 0 Å². The number of carbonyl (C=O) groups is 1. The number of alkyl halides is 3. The third-order valence-electron chi connectivity index (χ3n) is 4.95. The Kier molecular flexibility index (Phi) is 7.06. The van der Waals surface area contributed by atoms with E-state index in [1.54, 1.807) is 40.5 Å². The number of rotatable bonds is 5. The minimum atomic E-state index is -4.46. The molecule has 1 aliphatic heterocycles. The predicted molar refractivity (Wildman–Crippen MR) is 118 cm³/mol. The molecule has 0 N–H and O–H groups in total. The van der Waals surface area contributed by atoms with Crippen LogP contribution < -0.4 is 9.47 Å². The molecule has 0 spiro atoms. The van der Waals surface area contributed by atoms with E-state index in [9.17, 15) is 18.0 Å². The predicted octanol–water partition coefficient (Wildman–Crippen LogP) is 5.92. The summed E-state index contributed by atoms with van der Waals surface area (Å²) in [5, 5.41) is 0. The van der Waals surface area contributed by atoms with Crippen LogP contribution in [0.1, 0.15) is 10.4 Å². The Hall–Kier alpha value is -2.82. The summed E-state index contributed by atoms with van der Waals surface area (Å²) in [6.07, 6.45) is -4.19. The lowest BCUT2D eigenvalue weighted by Gasteiger charge is -2.33. The largest absolute Gasteiger partial charge is 0.439 e. The number of piperazine rings is 1. The molecule has 0 atom stereocenters. The molecule has 6 nitrogen and oxygen atoms in total. The lowest BCUT2D eigenvalue weighted by molar-refractivity contribution is -0.137. The van der Waals surface area contributed by atoms with Gasteiger partial charge in [0.1, 0.15) is 11.5 Å². The van der Waals surface area contributed by atoms with Gasteiger partial charge in [0, 0.05) is 49.9 Å². The highest BCUT2D eigenvalue weighted by molar-refractivity contribution is 7.16. The maximum Gasteiger partial charge on any atom is 0.417 e. The Morgan fingerprint density at radius 2 is 1.70 bits per heavy atom. The molecule has 0 bridgehead atoms. The Morgan fingerprint density at radius 3 is 2.27 bits per heavy atom. The van der Waals surface area contributed by atoms with Crippen LogP contribution in [0.15, 0.2) is 54.7 Å². The first kappa shape index (κ1) is 23.3. The molecule has 0 unspecified atom stereocenters. The smallest absolute Gasteiger partial charge is 0.417 e. The molecule has 4 rings (SSSR count). The molecule has 1 fully saturated rings. The number of pyridine rings is 1. The number of hydrogen-bond donors (Lipinski definition) is 0. The van der Waals surface area contributed by atoms with Crippen LogP contribution in [-0.2, 0) is 12.7 Å². The summed E-state index contributed by atoms with van der Waals surface area (Å²) < 4.78 is 49.4. The van der Waals surface area contributed by atoms with Gasteiger partial charge in [0.2, 0.25) is 5.88 Å². The average molecular weight is 498 g/mol. The quantitative estimate of drug-likeness (QED) is 0.437. The molecular formula is C22H19ClF3N3O3S. The van der Waals surface area contributed by atoms with Gasteiger partial charge in [0.05, 0.1) is 9.90 Å². The van der Waals surface area contributed by atoms with Gasteiger partial charge in [-0.15, -0.1) is 11.3 Å². The van der Waals surface area contributed by atoms with E-state index in [2.05, 4.69) is 9.88 Å². The summed E-state index contributed by atoms with van der Waals surface area (Å²) in [6.45, 7) is 3.38. The number of nitrogens with zero attached hydrogens (tertiary/aromatic N) is 3.